The van der Waals surface area contributed by atoms with Gasteiger partial charge < -0.3 is 15.6 Å². The van der Waals surface area contributed by atoms with Crippen LogP contribution in [0.15, 0.2) is 18.2 Å². The smallest absolute Gasteiger partial charge is 0.122 e. The van der Waals surface area contributed by atoms with Gasteiger partial charge in [0, 0.05) is 18.0 Å². The first-order valence-electron chi connectivity index (χ1n) is 7.68. The van der Waals surface area contributed by atoms with Crippen LogP contribution in [-0.2, 0) is 0 Å². The van der Waals surface area contributed by atoms with Crippen molar-refractivity contribution in [3.8, 4) is 5.75 Å². The summed E-state index contributed by atoms with van der Waals surface area (Å²) in [5.74, 6) is 1.46. The van der Waals surface area contributed by atoms with Crippen molar-refractivity contribution < 1.29 is 9.84 Å². The van der Waals surface area contributed by atoms with Crippen molar-refractivity contribution >= 4 is 0 Å². The Morgan fingerprint density at radius 1 is 1.35 bits per heavy atom. The SMILES string of the molecule is COc1ccc(C)cc1C(CN)C(O)CC1CCCC1. The maximum atomic E-state index is 10.6. The van der Waals surface area contributed by atoms with Crippen LogP contribution >= 0.6 is 0 Å². The second kappa shape index (κ2) is 7.09. The van der Waals surface area contributed by atoms with Crippen LogP contribution in [-0.4, -0.2) is 24.9 Å². The molecule has 3 nitrogen and oxygen atoms in total. The summed E-state index contributed by atoms with van der Waals surface area (Å²) in [4.78, 5) is 0. The van der Waals surface area contributed by atoms with Crippen LogP contribution in [0.3, 0.4) is 0 Å². The Kier molecular flexibility index (Phi) is 5.44. The van der Waals surface area contributed by atoms with E-state index in [4.69, 9.17) is 10.5 Å². The normalized spacial score (nSPS) is 19.0. The number of nitrogens with two attached hydrogens (primary N) is 1. The molecule has 2 rings (SSSR count). The standard InChI is InChI=1S/C17H27NO2/c1-12-7-8-17(20-2)14(9-12)15(11-18)16(19)10-13-5-3-4-6-13/h7-9,13,15-16,19H,3-6,10-11,18H2,1-2H3. The molecule has 0 bridgehead atoms. The van der Waals surface area contributed by atoms with Gasteiger partial charge in [0.2, 0.25) is 0 Å². The molecule has 0 amide bonds. The Balaban J connectivity index is 2.15. The van der Waals surface area contributed by atoms with E-state index in [2.05, 4.69) is 13.0 Å². The van der Waals surface area contributed by atoms with Gasteiger partial charge in [0.25, 0.3) is 0 Å². The first-order valence-corrected chi connectivity index (χ1v) is 7.68. The molecule has 1 saturated carbocycles. The van der Waals surface area contributed by atoms with E-state index >= 15 is 0 Å². The van der Waals surface area contributed by atoms with E-state index in [0.717, 1.165) is 17.7 Å². The third kappa shape index (κ3) is 3.53. The molecule has 0 radical (unpaired) electrons. The minimum absolute atomic E-state index is 0.0366. The Labute approximate surface area is 122 Å². The lowest BCUT2D eigenvalue weighted by atomic mass is 9.86. The third-order valence-electron chi connectivity index (χ3n) is 4.55. The van der Waals surface area contributed by atoms with E-state index in [9.17, 15) is 5.11 Å². The Bertz CT molecular complexity index is 427. The number of aliphatic hydroxyl groups is 1. The topological polar surface area (TPSA) is 55.5 Å². The molecule has 0 aliphatic heterocycles. The second-order valence-electron chi connectivity index (χ2n) is 6.04. The van der Waals surface area contributed by atoms with Gasteiger partial charge in [-0.25, -0.2) is 0 Å². The minimum Gasteiger partial charge on any atom is -0.496 e. The van der Waals surface area contributed by atoms with Crippen LogP contribution < -0.4 is 10.5 Å². The van der Waals surface area contributed by atoms with Crippen molar-refractivity contribution in [1.29, 1.82) is 0 Å². The van der Waals surface area contributed by atoms with E-state index in [1.165, 1.54) is 31.2 Å². The zero-order valence-electron chi connectivity index (χ0n) is 12.6. The molecular weight excluding hydrogens is 250 g/mol. The van der Waals surface area contributed by atoms with Crippen molar-refractivity contribution in [1.82, 2.24) is 0 Å². The molecule has 0 aromatic heterocycles. The van der Waals surface area contributed by atoms with E-state index in [1.54, 1.807) is 7.11 Å². The number of aryl methyl sites for hydroxylation is 1. The predicted octanol–water partition coefficient (Wildman–Crippen LogP) is 2.99. The number of hydrogen-bond acceptors (Lipinski definition) is 3. The van der Waals surface area contributed by atoms with Crippen LogP contribution in [0.25, 0.3) is 0 Å². The summed E-state index contributed by atoms with van der Waals surface area (Å²) >= 11 is 0. The van der Waals surface area contributed by atoms with Crippen LogP contribution in [0.5, 0.6) is 5.75 Å². The molecule has 112 valence electrons. The molecule has 3 N–H and O–H groups in total. The summed E-state index contributed by atoms with van der Waals surface area (Å²) in [6.07, 6.45) is 5.59. The first-order chi connectivity index (χ1) is 9.65. The van der Waals surface area contributed by atoms with Crippen molar-refractivity contribution in [2.45, 2.75) is 51.0 Å². The molecule has 0 heterocycles. The van der Waals surface area contributed by atoms with Crippen molar-refractivity contribution in [2.75, 3.05) is 13.7 Å². The van der Waals surface area contributed by atoms with Gasteiger partial charge in [-0.05, 0) is 25.3 Å². The highest BCUT2D eigenvalue weighted by atomic mass is 16.5. The van der Waals surface area contributed by atoms with Gasteiger partial charge in [0.05, 0.1) is 13.2 Å². The van der Waals surface area contributed by atoms with Crippen molar-refractivity contribution in [2.24, 2.45) is 11.7 Å². The van der Waals surface area contributed by atoms with Crippen LogP contribution in [0.4, 0.5) is 0 Å². The highest BCUT2D eigenvalue weighted by molar-refractivity contribution is 5.40. The zero-order chi connectivity index (χ0) is 14.5. The Hall–Kier alpha value is -1.06. The quantitative estimate of drug-likeness (QED) is 0.840. The largest absolute Gasteiger partial charge is 0.496 e. The van der Waals surface area contributed by atoms with Crippen molar-refractivity contribution in [3.63, 3.8) is 0 Å². The number of ether oxygens (including phenoxy) is 1. The maximum Gasteiger partial charge on any atom is 0.122 e. The highest BCUT2D eigenvalue weighted by Crippen LogP contribution is 2.35. The number of aliphatic hydroxyl groups excluding tert-OH is 1. The summed E-state index contributed by atoms with van der Waals surface area (Å²) in [5, 5.41) is 10.6. The lowest BCUT2D eigenvalue weighted by molar-refractivity contribution is 0.115. The van der Waals surface area contributed by atoms with Crippen LogP contribution in [0.2, 0.25) is 0 Å². The molecule has 2 unspecified atom stereocenters. The molecular formula is C17H27NO2. The predicted molar refractivity (Wildman–Crippen MR) is 82.1 cm³/mol. The summed E-state index contributed by atoms with van der Waals surface area (Å²) in [5.41, 5.74) is 8.15. The van der Waals surface area contributed by atoms with Gasteiger partial charge in [-0.15, -0.1) is 0 Å². The molecule has 0 spiro atoms. The molecule has 2 atom stereocenters. The highest BCUT2D eigenvalue weighted by Gasteiger charge is 2.27. The molecule has 20 heavy (non-hydrogen) atoms. The molecule has 1 aliphatic rings. The van der Waals surface area contributed by atoms with Crippen LogP contribution in [0, 0.1) is 12.8 Å². The Morgan fingerprint density at radius 2 is 2.05 bits per heavy atom. The van der Waals surface area contributed by atoms with E-state index in [1.807, 2.05) is 12.1 Å². The van der Waals surface area contributed by atoms with Gasteiger partial charge in [-0.3, -0.25) is 0 Å². The molecule has 1 aromatic rings. The Morgan fingerprint density at radius 3 is 2.65 bits per heavy atom. The van der Waals surface area contributed by atoms with E-state index in [0.29, 0.717) is 12.5 Å². The summed E-state index contributed by atoms with van der Waals surface area (Å²) in [6.45, 7) is 2.51. The van der Waals surface area contributed by atoms with Gasteiger partial charge >= 0.3 is 0 Å². The number of methoxy groups -OCH3 is 1. The average molecular weight is 277 g/mol. The monoisotopic (exact) mass is 277 g/mol. The molecule has 3 heteroatoms. The summed E-state index contributed by atoms with van der Waals surface area (Å²) < 4.78 is 5.44. The lowest BCUT2D eigenvalue weighted by Gasteiger charge is -2.26. The van der Waals surface area contributed by atoms with Gasteiger partial charge in [0.15, 0.2) is 0 Å². The lowest BCUT2D eigenvalue weighted by Crippen LogP contribution is -2.28. The minimum atomic E-state index is -0.376. The third-order valence-corrected chi connectivity index (χ3v) is 4.55. The van der Waals surface area contributed by atoms with Gasteiger partial charge in [0.1, 0.15) is 5.75 Å². The number of hydrogen-bond donors (Lipinski definition) is 2. The molecule has 0 saturated heterocycles. The molecule has 1 fully saturated rings. The van der Waals surface area contributed by atoms with Crippen molar-refractivity contribution in [3.05, 3.63) is 29.3 Å². The fraction of sp³-hybridized carbons (Fsp3) is 0.647. The zero-order valence-corrected chi connectivity index (χ0v) is 12.6. The molecule has 1 aromatic carbocycles. The first kappa shape index (κ1) is 15.3. The summed E-state index contributed by atoms with van der Waals surface area (Å²) in [6, 6.07) is 6.09. The second-order valence-corrected chi connectivity index (χ2v) is 6.04. The summed E-state index contributed by atoms with van der Waals surface area (Å²) in [7, 11) is 1.67. The molecule has 1 aliphatic carbocycles. The fourth-order valence-corrected chi connectivity index (χ4v) is 3.39. The fourth-order valence-electron chi connectivity index (χ4n) is 3.39. The maximum absolute atomic E-state index is 10.6. The number of rotatable bonds is 6. The van der Waals surface area contributed by atoms with Crippen LogP contribution in [0.1, 0.15) is 49.1 Å². The van der Waals surface area contributed by atoms with Gasteiger partial charge in [-0.2, -0.15) is 0 Å². The van der Waals surface area contributed by atoms with E-state index < -0.39 is 0 Å². The van der Waals surface area contributed by atoms with E-state index in [-0.39, 0.29) is 12.0 Å². The number of benzene rings is 1. The van der Waals surface area contributed by atoms with Gasteiger partial charge in [-0.1, -0.05) is 43.4 Å². The average Bonchev–Trinajstić information content (AvgIpc) is 2.93.